The molecule has 3 heteroatoms. The van der Waals surface area contributed by atoms with Gasteiger partial charge in [0.1, 0.15) is 0 Å². The Morgan fingerprint density at radius 2 is 1.86 bits per heavy atom. The molecule has 0 unspecified atom stereocenters. The zero-order chi connectivity index (χ0) is 10.6. The molecule has 0 aliphatic carbocycles. The van der Waals surface area contributed by atoms with Crippen LogP contribution in [-0.2, 0) is 0 Å². The molecule has 0 aliphatic heterocycles. The van der Waals surface area contributed by atoms with E-state index in [4.69, 9.17) is 29.6 Å². The van der Waals surface area contributed by atoms with E-state index in [1.54, 1.807) is 18.2 Å². The number of carbonyl (C=O) groups excluding carboxylic acids is 1. The minimum Gasteiger partial charge on any atom is -0.294 e. The van der Waals surface area contributed by atoms with Gasteiger partial charge in [0, 0.05) is 28.5 Å². The van der Waals surface area contributed by atoms with Crippen molar-refractivity contribution in [3.63, 3.8) is 0 Å². The Morgan fingerprint density at radius 1 is 1.29 bits per heavy atom. The smallest absolute Gasteiger partial charge is 0.163 e. The van der Waals surface area contributed by atoms with Crippen molar-refractivity contribution in [1.82, 2.24) is 0 Å². The number of hydrogen-bond acceptors (Lipinski definition) is 1. The quantitative estimate of drug-likeness (QED) is 0.569. The number of terminal acetylenes is 1. The lowest BCUT2D eigenvalue weighted by Gasteiger charge is -2.00. The van der Waals surface area contributed by atoms with Crippen molar-refractivity contribution in [2.24, 2.45) is 0 Å². The summed E-state index contributed by atoms with van der Waals surface area (Å²) in [5.74, 6) is 2.38. The number of Topliss-reactive ketones (excluding diaryl/α,β-unsaturated/α-hetero) is 1. The van der Waals surface area contributed by atoms with Gasteiger partial charge in [-0.2, -0.15) is 0 Å². The summed E-state index contributed by atoms with van der Waals surface area (Å²) in [6.45, 7) is 0. The van der Waals surface area contributed by atoms with Crippen molar-refractivity contribution < 1.29 is 4.79 Å². The highest BCUT2D eigenvalue weighted by Gasteiger charge is 2.06. The summed E-state index contributed by atoms with van der Waals surface area (Å²) in [5.41, 5.74) is 0.512. The first-order chi connectivity index (χ1) is 6.63. The molecule has 0 bridgehead atoms. The van der Waals surface area contributed by atoms with Crippen LogP contribution in [0.4, 0.5) is 0 Å². The van der Waals surface area contributed by atoms with Crippen LogP contribution in [0.15, 0.2) is 18.2 Å². The summed E-state index contributed by atoms with van der Waals surface area (Å²) in [6.07, 6.45) is 5.82. The molecule has 0 amide bonds. The third-order valence-electron chi connectivity index (χ3n) is 1.68. The Hall–Kier alpha value is -0.970. The summed E-state index contributed by atoms with van der Waals surface area (Å²) in [6, 6.07) is 4.76. The highest BCUT2D eigenvalue weighted by molar-refractivity contribution is 6.35. The monoisotopic (exact) mass is 226 g/mol. The van der Waals surface area contributed by atoms with Crippen LogP contribution in [-0.4, -0.2) is 5.78 Å². The van der Waals surface area contributed by atoms with Crippen LogP contribution in [0.5, 0.6) is 0 Å². The van der Waals surface area contributed by atoms with Crippen molar-refractivity contribution in [3.8, 4) is 12.3 Å². The Bertz CT molecular complexity index is 371. The molecule has 0 saturated heterocycles. The van der Waals surface area contributed by atoms with Gasteiger partial charge in [-0.05, 0) is 18.2 Å². The van der Waals surface area contributed by atoms with E-state index < -0.39 is 0 Å². The number of carbonyl (C=O) groups is 1. The largest absolute Gasteiger partial charge is 0.294 e. The molecule has 0 N–H and O–H groups in total. The third kappa shape index (κ3) is 3.06. The molecule has 1 nitrogen and oxygen atoms in total. The predicted octanol–water partition coefficient (Wildman–Crippen LogP) is 3.59. The second-order valence-corrected chi connectivity index (χ2v) is 3.66. The molecule has 1 rings (SSSR count). The topological polar surface area (TPSA) is 17.1 Å². The van der Waals surface area contributed by atoms with Crippen LogP contribution in [0.25, 0.3) is 0 Å². The zero-order valence-electron chi connectivity index (χ0n) is 7.39. The summed E-state index contributed by atoms with van der Waals surface area (Å²) in [5, 5.41) is 0.920. The average Bonchev–Trinajstić information content (AvgIpc) is 2.12. The number of benzene rings is 1. The van der Waals surface area contributed by atoms with Gasteiger partial charge in [-0.25, -0.2) is 0 Å². The molecule has 0 spiro atoms. The van der Waals surface area contributed by atoms with Gasteiger partial charge in [0.2, 0.25) is 0 Å². The van der Waals surface area contributed by atoms with E-state index >= 15 is 0 Å². The fourth-order valence-electron chi connectivity index (χ4n) is 1.04. The van der Waals surface area contributed by atoms with Crippen LogP contribution in [0.1, 0.15) is 23.2 Å². The van der Waals surface area contributed by atoms with Gasteiger partial charge in [-0.3, -0.25) is 4.79 Å². The minimum absolute atomic E-state index is 0.0349. The Labute approximate surface area is 93.0 Å². The second-order valence-electron chi connectivity index (χ2n) is 2.79. The Kier molecular flexibility index (Phi) is 4.00. The zero-order valence-corrected chi connectivity index (χ0v) is 8.90. The van der Waals surface area contributed by atoms with Crippen molar-refractivity contribution >= 4 is 29.0 Å². The van der Waals surface area contributed by atoms with E-state index in [0.717, 1.165) is 0 Å². The Morgan fingerprint density at radius 3 is 2.36 bits per heavy atom. The van der Waals surface area contributed by atoms with E-state index in [1.165, 1.54) is 0 Å². The maximum absolute atomic E-state index is 11.5. The van der Waals surface area contributed by atoms with Crippen LogP contribution < -0.4 is 0 Å². The molecule has 14 heavy (non-hydrogen) atoms. The summed E-state index contributed by atoms with van der Waals surface area (Å²) in [4.78, 5) is 11.5. The number of halogens is 2. The molecule has 1 aromatic rings. The molecule has 0 fully saturated rings. The lowest BCUT2D eigenvalue weighted by molar-refractivity contribution is 0.0984. The molecular formula is C11H8Cl2O. The molecule has 0 aromatic heterocycles. The van der Waals surface area contributed by atoms with E-state index in [1.807, 2.05) is 0 Å². The fraction of sp³-hybridized carbons (Fsp3) is 0.182. The molecule has 1 aromatic carbocycles. The SMILES string of the molecule is C#CCCC(=O)c1cc(Cl)cc(Cl)c1. The van der Waals surface area contributed by atoms with E-state index in [9.17, 15) is 4.79 Å². The normalized spacial score (nSPS) is 9.50. The summed E-state index contributed by atoms with van der Waals surface area (Å²) in [7, 11) is 0. The van der Waals surface area contributed by atoms with Crippen molar-refractivity contribution in [2.45, 2.75) is 12.8 Å². The number of ketones is 1. The van der Waals surface area contributed by atoms with Crippen LogP contribution >= 0.6 is 23.2 Å². The van der Waals surface area contributed by atoms with Crippen molar-refractivity contribution in [3.05, 3.63) is 33.8 Å². The first kappa shape index (κ1) is 11.1. The molecule has 0 heterocycles. The van der Waals surface area contributed by atoms with Crippen LogP contribution in [0, 0.1) is 12.3 Å². The Balaban J connectivity index is 2.85. The van der Waals surface area contributed by atoms with E-state index in [-0.39, 0.29) is 5.78 Å². The first-order valence-electron chi connectivity index (χ1n) is 4.06. The third-order valence-corrected chi connectivity index (χ3v) is 2.12. The number of rotatable bonds is 3. The standard InChI is InChI=1S/C11H8Cl2O/c1-2-3-4-11(14)8-5-9(12)7-10(13)6-8/h1,5-7H,3-4H2. The van der Waals surface area contributed by atoms with Crippen molar-refractivity contribution in [1.29, 1.82) is 0 Å². The molecule has 0 aliphatic rings. The molecule has 0 atom stereocenters. The molecule has 0 saturated carbocycles. The predicted molar refractivity (Wildman–Crippen MR) is 58.9 cm³/mol. The molecule has 0 radical (unpaired) electrons. The van der Waals surface area contributed by atoms with Gasteiger partial charge in [0.25, 0.3) is 0 Å². The fourth-order valence-corrected chi connectivity index (χ4v) is 1.57. The van der Waals surface area contributed by atoms with Crippen molar-refractivity contribution in [2.75, 3.05) is 0 Å². The van der Waals surface area contributed by atoms with E-state index in [2.05, 4.69) is 5.92 Å². The highest BCUT2D eigenvalue weighted by atomic mass is 35.5. The van der Waals surface area contributed by atoms with Crippen LogP contribution in [0.2, 0.25) is 10.0 Å². The van der Waals surface area contributed by atoms with Gasteiger partial charge >= 0.3 is 0 Å². The molecular weight excluding hydrogens is 219 g/mol. The maximum Gasteiger partial charge on any atom is 0.163 e. The maximum atomic E-state index is 11.5. The second kappa shape index (κ2) is 5.05. The lowest BCUT2D eigenvalue weighted by Crippen LogP contribution is -1.98. The molecule has 72 valence electrons. The average molecular weight is 227 g/mol. The van der Waals surface area contributed by atoms with Gasteiger partial charge in [0.05, 0.1) is 0 Å². The van der Waals surface area contributed by atoms with Gasteiger partial charge < -0.3 is 0 Å². The number of hydrogen-bond donors (Lipinski definition) is 0. The van der Waals surface area contributed by atoms with Gasteiger partial charge in [0.15, 0.2) is 5.78 Å². The highest BCUT2D eigenvalue weighted by Crippen LogP contribution is 2.20. The minimum atomic E-state index is -0.0349. The first-order valence-corrected chi connectivity index (χ1v) is 4.82. The van der Waals surface area contributed by atoms with Gasteiger partial charge in [-0.1, -0.05) is 23.2 Å². The van der Waals surface area contributed by atoms with Gasteiger partial charge in [-0.15, -0.1) is 12.3 Å². The lowest BCUT2D eigenvalue weighted by atomic mass is 10.1. The summed E-state index contributed by atoms with van der Waals surface area (Å²) >= 11 is 11.5. The summed E-state index contributed by atoms with van der Waals surface area (Å²) < 4.78 is 0. The van der Waals surface area contributed by atoms with E-state index in [0.29, 0.717) is 28.5 Å². The van der Waals surface area contributed by atoms with Crippen LogP contribution in [0.3, 0.4) is 0 Å².